The van der Waals surface area contributed by atoms with Gasteiger partial charge in [0.15, 0.2) is 0 Å². The van der Waals surface area contributed by atoms with Crippen LogP contribution in [0, 0.1) is 0 Å². The van der Waals surface area contributed by atoms with Gasteiger partial charge in [0.2, 0.25) is 0 Å². The van der Waals surface area contributed by atoms with Crippen molar-refractivity contribution in [3.8, 4) is 0 Å². The molecule has 1 aliphatic heterocycles. The number of hydrogen-bond donors (Lipinski definition) is 0. The third kappa shape index (κ3) is 2.71. The molecule has 0 aromatic heterocycles. The molecular weight excluding hydrogens is 152 g/mol. The molecule has 0 amide bonds. The average molecular weight is 165 g/mol. The molecule has 1 heterocycles. The highest BCUT2D eigenvalue weighted by molar-refractivity contribution is 4.79. The van der Waals surface area contributed by atoms with Gasteiger partial charge in [-0.05, 0) is 20.0 Å². The van der Waals surface area contributed by atoms with Crippen molar-refractivity contribution >= 4 is 0 Å². The van der Waals surface area contributed by atoms with E-state index in [1.165, 1.54) is 0 Å². The second kappa shape index (κ2) is 3.03. The van der Waals surface area contributed by atoms with Gasteiger partial charge in [-0.15, -0.1) is 0 Å². The first-order valence-electron chi connectivity index (χ1n) is 3.71. The summed E-state index contributed by atoms with van der Waals surface area (Å²) < 4.78 is 28.6. The van der Waals surface area contributed by atoms with Crippen molar-refractivity contribution in [2.45, 2.75) is 25.5 Å². The first kappa shape index (κ1) is 8.87. The number of nitrogens with zero attached hydrogens (tertiary/aromatic N) is 1. The van der Waals surface area contributed by atoms with E-state index in [1.807, 2.05) is 11.9 Å². The SMILES string of the molecule is CN1CCC1COC(C)(F)F. The van der Waals surface area contributed by atoms with Crippen LogP contribution in [0.3, 0.4) is 0 Å². The Balaban J connectivity index is 2.12. The predicted molar refractivity (Wildman–Crippen MR) is 37.6 cm³/mol. The smallest absolute Gasteiger partial charge is 0.319 e. The molecule has 0 bridgehead atoms. The molecular formula is C7H13F2NO. The van der Waals surface area contributed by atoms with Crippen LogP contribution in [0.4, 0.5) is 8.78 Å². The molecule has 1 atom stereocenters. The van der Waals surface area contributed by atoms with Gasteiger partial charge in [0.25, 0.3) is 0 Å². The van der Waals surface area contributed by atoms with Crippen molar-refractivity contribution in [1.29, 1.82) is 0 Å². The second-order valence-corrected chi connectivity index (χ2v) is 3.04. The first-order chi connectivity index (χ1) is 4.99. The van der Waals surface area contributed by atoms with Crippen LogP contribution in [0.5, 0.6) is 0 Å². The van der Waals surface area contributed by atoms with Crippen molar-refractivity contribution in [1.82, 2.24) is 4.90 Å². The van der Waals surface area contributed by atoms with Gasteiger partial charge in [0, 0.05) is 13.0 Å². The van der Waals surface area contributed by atoms with Crippen molar-refractivity contribution in [2.24, 2.45) is 0 Å². The van der Waals surface area contributed by atoms with Crippen molar-refractivity contribution in [3.05, 3.63) is 0 Å². The minimum absolute atomic E-state index is 0.139. The molecule has 1 unspecified atom stereocenters. The van der Waals surface area contributed by atoms with E-state index < -0.39 is 6.11 Å². The number of rotatable bonds is 3. The van der Waals surface area contributed by atoms with Gasteiger partial charge in [0.1, 0.15) is 0 Å². The van der Waals surface area contributed by atoms with Gasteiger partial charge >= 0.3 is 6.11 Å². The molecule has 0 N–H and O–H groups in total. The zero-order valence-corrected chi connectivity index (χ0v) is 6.81. The van der Waals surface area contributed by atoms with Crippen LogP contribution in [0.25, 0.3) is 0 Å². The van der Waals surface area contributed by atoms with Gasteiger partial charge in [-0.1, -0.05) is 0 Å². The summed E-state index contributed by atoms with van der Waals surface area (Å²) in [6, 6.07) is 0.195. The van der Waals surface area contributed by atoms with E-state index >= 15 is 0 Å². The summed E-state index contributed by atoms with van der Waals surface area (Å²) in [5, 5.41) is 0. The molecule has 1 saturated heterocycles. The molecule has 0 aliphatic carbocycles. The fourth-order valence-electron chi connectivity index (χ4n) is 1.02. The van der Waals surface area contributed by atoms with E-state index in [1.54, 1.807) is 0 Å². The molecule has 66 valence electrons. The zero-order chi connectivity index (χ0) is 8.48. The minimum atomic E-state index is -2.98. The van der Waals surface area contributed by atoms with Crippen molar-refractivity contribution < 1.29 is 13.5 Å². The Morgan fingerprint density at radius 1 is 1.64 bits per heavy atom. The fourth-order valence-corrected chi connectivity index (χ4v) is 1.02. The molecule has 2 nitrogen and oxygen atoms in total. The normalized spacial score (nSPS) is 26.7. The van der Waals surface area contributed by atoms with E-state index in [0.29, 0.717) is 0 Å². The Morgan fingerprint density at radius 2 is 2.27 bits per heavy atom. The van der Waals surface area contributed by atoms with Gasteiger partial charge in [-0.3, -0.25) is 0 Å². The molecule has 0 spiro atoms. The lowest BCUT2D eigenvalue weighted by atomic mass is 10.1. The topological polar surface area (TPSA) is 12.5 Å². The summed E-state index contributed by atoms with van der Waals surface area (Å²) >= 11 is 0. The Morgan fingerprint density at radius 3 is 2.55 bits per heavy atom. The summed E-state index contributed by atoms with van der Waals surface area (Å²) in [4.78, 5) is 2.01. The van der Waals surface area contributed by atoms with Crippen LogP contribution in [-0.2, 0) is 4.74 Å². The molecule has 0 saturated carbocycles. The highest BCUT2D eigenvalue weighted by Crippen LogP contribution is 2.19. The number of likely N-dealkylation sites (N-methyl/N-ethyl adjacent to an activating group) is 1. The Kier molecular flexibility index (Phi) is 2.44. The molecule has 0 aromatic carbocycles. The summed E-state index contributed by atoms with van der Waals surface area (Å²) in [6.07, 6.45) is -2.01. The lowest BCUT2D eigenvalue weighted by molar-refractivity contribution is -0.234. The molecule has 1 aliphatic rings. The summed E-state index contributed by atoms with van der Waals surface area (Å²) in [7, 11) is 1.91. The summed E-state index contributed by atoms with van der Waals surface area (Å²) in [5.74, 6) is 0. The van der Waals surface area contributed by atoms with Crippen LogP contribution in [0.1, 0.15) is 13.3 Å². The van der Waals surface area contributed by atoms with Gasteiger partial charge in [-0.2, -0.15) is 8.78 Å². The van der Waals surface area contributed by atoms with E-state index in [0.717, 1.165) is 19.9 Å². The Hall–Kier alpha value is -0.220. The number of alkyl halides is 2. The highest BCUT2D eigenvalue weighted by Gasteiger charge is 2.29. The molecule has 1 fully saturated rings. The maximum absolute atomic E-state index is 12.1. The van der Waals surface area contributed by atoms with Crippen LogP contribution >= 0.6 is 0 Å². The first-order valence-corrected chi connectivity index (χ1v) is 3.71. The van der Waals surface area contributed by atoms with Gasteiger partial charge in [-0.25, -0.2) is 0 Å². The quantitative estimate of drug-likeness (QED) is 0.625. The zero-order valence-electron chi connectivity index (χ0n) is 6.81. The maximum atomic E-state index is 12.1. The predicted octanol–water partition coefficient (Wildman–Crippen LogP) is 1.32. The fraction of sp³-hybridized carbons (Fsp3) is 1.00. The van der Waals surface area contributed by atoms with Crippen LogP contribution in [0.2, 0.25) is 0 Å². The monoisotopic (exact) mass is 165 g/mol. The van der Waals surface area contributed by atoms with Gasteiger partial charge in [0.05, 0.1) is 6.61 Å². The number of ether oxygens (including phenoxy) is 1. The lowest BCUT2D eigenvalue weighted by Crippen LogP contribution is -2.48. The van der Waals surface area contributed by atoms with E-state index in [9.17, 15) is 8.78 Å². The average Bonchev–Trinajstić information content (AvgIpc) is 1.82. The molecule has 1 rings (SSSR count). The summed E-state index contributed by atoms with van der Waals surface area (Å²) in [6.45, 7) is 1.90. The Labute approximate surface area is 65.1 Å². The van der Waals surface area contributed by atoms with Crippen LogP contribution in [-0.4, -0.2) is 37.2 Å². The van der Waals surface area contributed by atoms with Crippen molar-refractivity contribution in [3.63, 3.8) is 0 Å². The van der Waals surface area contributed by atoms with Gasteiger partial charge < -0.3 is 9.64 Å². The molecule has 4 heteroatoms. The molecule has 0 aromatic rings. The number of halogens is 2. The summed E-state index contributed by atoms with van der Waals surface area (Å²) in [5.41, 5.74) is 0. The minimum Gasteiger partial charge on any atom is -0.319 e. The Bertz CT molecular complexity index is 135. The molecule has 0 radical (unpaired) electrons. The second-order valence-electron chi connectivity index (χ2n) is 3.04. The lowest BCUT2D eigenvalue weighted by Gasteiger charge is -2.37. The third-order valence-electron chi connectivity index (χ3n) is 1.97. The van der Waals surface area contributed by atoms with E-state index in [2.05, 4.69) is 4.74 Å². The highest BCUT2D eigenvalue weighted by atomic mass is 19.3. The van der Waals surface area contributed by atoms with Crippen LogP contribution < -0.4 is 0 Å². The number of likely N-dealkylation sites (tertiary alicyclic amines) is 1. The van der Waals surface area contributed by atoms with Crippen molar-refractivity contribution in [2.75, 3.05) is 20.2 Å². The van der Waals surface area contributed by atoms with Crippen LogP contribution in [0.15, 0.2) is 0 Å². The largest absolute Gasteiger partial charge is 0.352 e. The number of hydrogen-bond acceptors (Lipinski definition) is 2. The maximum Gasteiger partial charge on any atom is 0.352 e. The standard InChI is InChI=1S/C7H13F2NO/c1-7(8,9)11-5-6-3-4-10(6)2/h6H,3-5H2,1-2H3. The molecule has 11 heavy (non-hydrogen) atoms. The van der Waals surface area contributed by atoms with E-state index in [-0.39, 0.29) is 12.6 Å². The third-order valence-corrected chi connectivity index (χ3v) is 1.97. The van der Waals surface area contributed by atoms with E-state index in [4.69, 9.17) is 0 Å².